The van der Waals surface area contributed by atoms with Crippen LogP contribution in [0.1, 0.15) is 12.1 Å². The summed E-state index contributed by atoms with van der Waals surface area (Å²) in [6.45, 7) is 0.0911. The zero-order valence-electron chi connectivity index (χ0n) is 19.9. The Balaban J connectivity index is 1.91. The van der Waals surface area contributed by atoms with Crippen molar-refractivity contribution in [1.82, 2.24) is 14.1 Å². The predicted molar refractivity (Wildman–Crippen MR) is 129 cm³/mol. The minimum atomic E-state index is -4.97. The first-order chi connectivity index (χ1) is 17.9. The second-order valence-electron chi connectivity index (χ2n) is 7.54. The monoisotopic (exact) mass is 577 g/mol. The van der Waals surface area contributed by atoms with Crippen molar-refractivity contribution in [2.24, 2.45) is 7.05 Å². The molecular weight excluding hydrogens is 558 g/mol. The zero-order valence-corrected chi connectivity index (χ0v) is 21.5. The summed E-state index contributed by atoms with van der Waals surface area (Å²) in [5.74, 6) is -1.75. The van der Waals surface area contributed by atoms with Crippen LogP contribution in [0.15, 0.2) is 55.9 Å². The smallest absolute Gasteiger partial charge is 0.431 e. The summed E-state index contributed by atoms with van der Waals surface area (Å²) in [5.41, 5.74) is -4.88. The maximum Gasteiger partial charge on any atom is 0.431 e. The molecule has 2 heterocycles. The average Bonchev–Trinajstić information content (AvgIpc) is 2.85. The van der Waals surface area contributed by atoms with E-state index >= 15 is 0 Å². The van der Waals surface area contributed by atoms with Crippen LogP contribution < -0.4 is 16.0 Å². The zero-order chi connectivity index (χ0) is 28.0. The molecule has 3 rings (SSSR count). The lowest BCUT2D eigenvalue weighted by Crippen LogP contribution is -2.41. The maximum atomic E-state index is 14.8. The van der Waals surface area contributed by atoms with E-state index in [0.717, 1.165) is 30.9 Å². The van der Waals surface area contributed by atoms with Crippen molar-refractivity contribution in [1.29, 1.82) is 0 Å². The molecule has 15 heteroatoms. The molecule has 0 bridgehead atoms. The third kappa shape index (κ3) is 6.94. The average molecular weight is 578 g/mol. The fourth-order valence-corrected chi connectivity index (χ4v) is 4.30. The van der Waals surface area contributed by atoms with Gasteiger partial charge in [-0.1, -0.05) is 23.4 Å². The van der Waals surface area contributed by atoms with Gasteiger partial charge in [0.2, 0.25) is 5.88 Å². The molecule has 0 saturated heterocycles. The summed E-state index contributed by atoms with van der Waals surface area (Å²) in [5, 5.41) is -0.125. The molecule has 0 atom stereocenters. The Morgan fingerprint density at radius 1 is 1.16 bits per heavy atom. The summed E-state index contributed by atoms with van der Waals surface area (Å²) < 4.78 is 70.1. The Morgan fingerprint density at radius 2 is 1.89 bits per heavy atom. The van der Waals surface area contributed by atoms with Gasteiger partial charge in [-0.05, 0) is 24.3 Å². The van der Waals surface area contributed by atoms with Gasteiger partial charge in [-0.3, -0.25) is 9.36 Å². The minimum Gasteiger partial charge on any atom is -0.465 e. The van der Waals surface area contributed by atoms with Crippen molar-refractivity contribution in [2.75, 3.05) is 26.9 Å². The fraction of sp³-hybridized carbons (Fsp3) is 0.304. The van der Waals surface area contributed by atoms with Gasteiger partial charge in [-0.25, -0.2) is 23.5 Å². The number of halogens is 5. The van der Waals surface area contributed by atoms with E-state index in [4.69, 9.17) is 25.8 Å². The first kappa shape index (κ1) is 29.2. The van der Waals surface area contributed by atoms with E-state index in [1.807, 2.05) is 0 Å². The molecule has 2 aromatic heterocycles. The molecular formula is C23H20ClF4N3O6S. The number of esters is 1. The quantitative estimate of drug-likeness (QED) is 0.203. The topological polar surface area (TPSA) is 102 Å². The number of carbonyl (C=O) groups is 1. The summed E-state index contributed by atoms with van der Waals surface area (Å²) in [6.07, 6.45) is -3.07. The summed E-state index contributed by atoms with van der Waals surface area (Å²) in [6, 6.07) is 5.16. The standard InChI is InChI=1S/C23H20ClF4N3O6S/c1-30-18(23(26,27)28)11-19(32)31(22(30)34)15-10-17(13(24)9-14(15)25)38-16-5-3-6-29-21(16)37-12-20(33)36-8-4-7-35-2/h3,5-6,9-11H,4,7-8,12H2,1-2H3. The van der Waals surface area contributed by atoms with Crippen molar-refractivity contribution in [2.45, 2.75) is 22.4 Å². The van der Waals surface area contributed by atoms with Crippen LogP contribution in [0.5, 0.6) is 5.88 Å². The largest absolute Gasteiger partial charge is 0.465 e. The Bertz CT molecular complexity index is 1440. The van der Waals surface area contributed by atoms with Crippen molar-refractivity contribution in [3.05, 3.63) is 73.9 Å². The number of hydrogen-bond acceptors (Lipinski definition) is 8. The van der Waals surface area contributed by atoms with E-state index in [1.165, 1.54) is 13.3 Å². The number of alkyl halides is 3. The van der Waals surface area contributed by atoms with Crippen LogP contribution in [0.4, 0.5) is 17.6 Å². The highest BCUT2D eigenvalue weighted by Gasteiger charge is 2.35. The number of nitrogens with zero attached hydrogens (tertiary/aromatic N) is 3. The van der Waals surface area contributed by atoms with E-state index in [-0.39, 0.29) is 37.6 Å². The number of methoxy groups -OCH3 is 1. The van der Waals surface area contributed by atoms with Crippen LogP contribution in [-0.4, -0.2) is 47.0 Å². The molecule has 0 radical (unpaired) electrons. The number of ether oxygens (including phenoxy) is 3. The molecule has 0 fully saturated rings. The highest BCUT2D eigenvalue weighted by atomic mass is 35.5. The highest BCUT2D eigenvalue weighted by molar-refractivity contribution is 7.99. The molecule has 0 aliphatic rings. The highest BCUT2D eigenvalue weighted by Crippen LogP contribution is 2.39. The Labute approximate surface area is 221 Å². The molecule has 0 amide bonds. The van der Waals surface area contributed by atoms with E-state index in [9.17, 15) is 31.9 Å². The number of rotatable bonds is 10. The molecule has 204 valence electrons. The van der Waals surface area contributed by atoms with E-state index in [2.05, 4.69) is 4.98 Å². The SMILES string of the molecule is COCCCOC(=O)COc1ncccc1Sc1cc(-n2c(=O)cc(C(F)(F)F)n(C)c2=O)c(F)cc1Cl. The van der Waals surface area contributed by atoms with Gasteiger partial charge in [-0.15, -0.1) is 0 Å². The molecule has 0 aliphatic heterocycles. The predicted octanol–water partition coefficient (Wildman–Crippen LogP) is 3.85. The Hall–Kier alpha value is -3.36. The summed E-state index contributed by atoms with van der Waals surface area (Å²) in [7, 11) is 2.33. The molecule has 9 nitrogen and oxygen atoms in total. The Morgan fingerprint density at radius 3 is 2.58 bits per heavy atom. The number of benzene rings is 1. The van der Waals surface area contributed by atoms with Gasteiger partial charge < -0.3 is 14.2 Å². The summed E-state index contributed by atoms with van der Waals surface area (Å²) in [4.78, 5) is 41.5. The van der Waals surface area contributed by atoms with Crippen LogP contribution in [0, 0.1) is 5.82 Å². The second-order valence-corrected chi connectivity index (χ2v) is 9.03. The second kappa shape index (κ2) is 12.5. The van der Waals surface area contributed by atoms with Gasteiger partial charge in [0.05, 0.1) is 22.2 Å². The number of hydrogen-bond donors (Lipinski definition) is 0. The van der Waals surface area contributed by atoms with Crippen LogP contribution in [0.2, 0.25) is 5.02 Å². The first-order valence-corrected chi connectivity index (χ1v) is 11.9. The van der Waals surface area contributed by atoms with Gasteiger partial charge in [0.25, 0.3) is 5.56 Å². The number of pyridine rings is 1. The summed E-state index contributed by atoms with van der Waals surface area (Å²) >= 11 is 7.07. The normalized spacial score (nSPS) is 11.4. The molecule has 0 N–H and O–H groups in total. The van der Waals surface area contributed by atoms with Crippen LogP contribution >= 0.6 is 23.4 Å². The molecule has 0 aliphatic carbocycles. The molecule has 0 spiro atoms. The van der Waals surface area contributed by atoms with Gasteiger partial charge in [-0.2, -0.15) is 13.2 Å². The van der Waals surface area contributed by atoms with Crippen molar-refractivity contribution in [3.8, 4) is 11.6 Å². The van der Waals surface area contributed by atoms with Crippen molar-refractivity contribution < 1.29 is 36.6 Å². The third-order valence-corrected chi connectivity index (χ3v) is 6.40. The lowest BCUT2D eigenvalue weighted by atomic mass is 10.3. The lowest BCUT2D eigenvalue weighted by Gasteiger charge is -2.15. The first-order valence-electron chi connectivity index (χ1n) is 10.7. The van der Waals surface area contributed by atoms with Gasteiger partial charge >= 0.3 is 17.8 Å². The van der Waals surface area contributed by atoms with Crippen molar-refractivity contribution in [3.63, 3.8) is 0 Å². The molecule has 0 saturated carbocycles. The Kier molecular flexibility index (Phi) is 9.57. The minimum absolute atomic E-state index is 0.0101. The lowest BCUT2D eigenvalue weighted by molar-refractivity contribution is -0.146. The number of carbonyl (C=O) groups excluding carboxylic acids is 1. The van der Waals surface area contributed by atoms with Crippen molar-refractivity contribution >= 4 is 29.3 Å². The van der Waals surface area contributed by atoms with Crippen LogP contribution in [-0.2, 0) is 27.5 Å². The van der Waals surface area contributed by atoms with Crippen LogP contribution in [0.3, 0.4) is 0 Å². The molecule has 3 aromatic rings. The molecule has 0 unspecified atom stereocenters. The van der Waals surface area contributed by atoms with E-state index < -0.39 is 47.2 Å². The molecule has 38 heavy (non-hydrogen) atoms. The van der Waals surface area contributed by atoms with Crippen LogP contribution in [0.25, 0.3) is 5.69 Å². The molecule has 1 aromatic carbocycles. The maximum absolute atomic E-state index is 14.8. The van der Waals surface area contributed by atoms with E-state index in [0.29, 0.717) is 17.9 Å². The third-order valence-electron chi connectivity index (χ3n) is 4.89. The van der Waals surface area contributed by atoms with Gasteiger partial charge in [0, 0.05) is 44.3 Å². The van der Waals surface area contributed by atoms with Gasteiger partial charge in [0.15, 0.2) is 6.61 Å². The number of aromatic nitrogens is 3. The van der Waals surface area contributed by atoms with E-state index in [1.54, 1.807) is 12.1 Å². The fourth-order valence-electron chi connectivity index (χ4n) is 3.13. The van der Waals surface area contributed by atoms with Gasteiger partial charge in [0.1, 0.15) is 11.5 Å².